The molecular formula is C10H14N4O3S. The van der Waals surface area contributed by atoms with Gasteiger partial charge >= 0.3 is 0 Å². The fourth-order valence-electron chi connectivity index (χ4n) is 1.09. The van der Waals surface area contributed by atoms with Gasteiger partial charge in [-0.2, -0.15) is 10.4 Å². The molecule has 0 aliphatic carbocycles. The number of amides is 1. The van der Waals surface area contributed by atoms with Crippen LogP contribution in [0, 0.1) is 11.3 Å². The molecule has 18 heavy (non-hydrogen) atoms. The number of anilines is 1. The largest absolute Gasteiger partial charge is 0.307 e. The van der Waals surface area contributed by atoms with E-state index in [1.165, 1.54) is 24.7 Å². The van der Waals surface area contributed by atoms with Crippen molar-refractivity contribution in [1.29, 1.82) is 5.26 Å². The van der Waals surface area contributed by atoms with Crippen LogP contribution in [0.1, 0.15) is 19.4 Å². The standard InChI is InChI=1S/C10H14N4O3S/c1-10(2,18(4,16)17)9(15)12-8-7(5-11)6-14(3)13-8/h6H,1-4H3,(H,12,13,15). The summed E-state index contributed by atoms with van der Waals surface area (Å²) in [6.45, 7) is 2.60. The molecule has 98 valence electrons. The van der Waals surface area contributed by atoms with Crippen LogP contribution in [0.4, 0.5) is 5.82 Å². The minimum absolute atomic E-state index is 0.0572. The average Bonchev–Trinajstić information content (AvgIpc) is 2.56. The normalized spacial score (nSPS) is 11.9. The van der Waals surface area contributed by atoms with Gasteiger partial charge in [0.1, 0.15) is 16.4 Å². The second kappa shape index (κ2) is 4.42. The van der Waals surface area contributed by atoms with Crippen LogP contribution in [-0.4, -0.2) is 35.1 Å². The third kappa shape index (κ3) is 2.51. The van der Waals surface area contributed by atoms with E-state index in [0.717, 1.165) is 6.26 Å². The van der Waals surface area contributed by atoms with E-state index in [-0.39, 0.29) is 11.4 Å². The second-order valence-corrected chi connectivity index (χ2v) is 6.98. The Morgan fingerprint density at radius 2 is 2.11 bits per heavy atom. The number of carbonyl (C=O) groups excluding carboxylic acids is 1. The van der Waals surface area contributed by atoms with Crippen molar-refractivity contribution in [3.05, 3.63) is 11.8 Å². The van der Waals surface area contributed by atoms with Crippen molar-refractivity contribution >= 4 is 21.6 Å². The van der Waals surface area contributed by atoms with Crippen LogP contribution in [0.3, 0.4) is 0 Å². The monoisotopic (exact) mass is 270 g/mol. The highest BCUT2D eigenvalue weighted by Gasteiger charge is 2.39. The van der Waals surface area contributed by atoms with Gasteiger partial charge in [-0.1, -0.05) is 0 Å². The van der Waals surface area contributed by atoms with E-state index in [1.807, 2.05) is 6.07 Å². The first kappa shape index (κ1) is 14.2. The molecule has 1 aromatic heterocycles. The van der Waals surface area contributed by atoms with E-state index >= 15 is 0 Å². The Morgan fingerprint density at radius 1 is 1.56 bits per heavy atom. The van der Waals surface area contributed by atoms with E-state index in [4.69, 9.17) is 5.26 Å². The van der Waals surface area contributed by atoms with Crippen LogP contribution >= 0.6 is 0 Å². The molecule has 0 fully saturated rings. The zero-order valence-corrected chi connectivity index (χ0v) is 11.4. The van der Waals surface area contributed by atoms with Gasteiger partial charge in [-0.25, -0.2) is 8.42 Å². The quantitative estimate of drug-likeness (QED) is 0.835. The van der Waals surface area contributed by atoms with Crippen LogP contribution in [0.2, 0.25) is 0 Å². The molecule has 0 radical (unpaired) electrons. The lowest BCUT2D eigenvalue weighted by atomic mass is 10.2. The van der Waals surface area contributed by atoms with Crippen molar-refractivity contribution in [3.8, 4) is 6.07 Å². The Morgan fingerprint density at radius 3 is 2.56 bits per heavy atom. The summed E-state index contributed by atoms with van der Waals surface area (Å²) in [7, 11) is -1.97. The number of rotatable bonds is 3. The highest BCUT2D eigenvalue weighted by atomic mass is 32.2. The van der Waals surface area contributed by atoms with Gasteiger partial charge in [-0.3, -0.25) is 9.48 Å². The summed E-state index contributed by atoms with van der Waals surface area (Å²) in [5, 5.41) is 15.1. The van der Waals surface area contributed by atoms with Crippen molar-refractivity contribution in [2.24, 2.45) is 7.05 Å². The Kier molecular flexibility index (Phi) is 3.48. The summed E-state index contributed by atoms with van der Waals surface area (Å²) in [6.07, 6.45) is 2.42. The number of nitrogens with zero attached hydrogens (tertiary/aromatic N) is 3. The average molecular weight is 270 g/mol. The van der Waals surface area contributed by atoms with Crippen LogP contribution in [0.5, 0.6) is 0 Å². The van der Waals surface area contributed by atoms with Crippen molar-refractivity contribution in [2.45, 2.75) is 18.6 Å². The van der Waals surface area contributed by atoms with Crippen LogP contribution in [0.15, 0.2) is 6.20 Å². The molecule has 1 heterocycles. The lowest BCUT2D eigenvalue weighted by Crippen LogP contribution is -2.44. The van der Waals surface area contributed by atoms with Crippen molar-refractivity contribution in [1.82, 2.24) is 9.78 Å². The van der Waals surface area contributed by atoms with Gasteiger partial charge in [-0.05, 0) is 13.8 Å². The van der Waals surface area contributed by atoms with Gasteiger partial charge in [-0.15, -0.1) is 0 Å². The topological polar surface area (TPSA) is 105 Å². The number of nitrogens with one attached hydrogen (secondary N) is 1. The molecule has 0 unspecified atom stereocenters. The fourth-order valence-corrected chi connectivity index (χ4v) is 1.48. The maximum absolute atomic E-state index is 11.9. The van der Waals surface area contributed by atoms with Crippen LogP contribution < -0.4 is 5.32 Å². The molecule has 0 spiro atoms. The van der Waals surface area contributed by atoms with E-state index in [9.17, 15) is 13.2 Å². The van der Waals surface area contributed by atoms with Gasteiger partial charge in [0.2, 0.25) is 5.91 Å². The Hall–Kier alpha value is -1.88. The fraction of sp³-hybridized carbons (Fsp3) is 0.500. The molecular weight excluding hydrogens is 256 g/mol. The predicted octanol–water partition coefficient (Wildman–Crippen LogP) is 0.0535. The molecule has 1 aromatic rings. The van der Waals surface area contributed by atoms with Crippen molar-refractivity contribution < 1.29 is 13.2 Å². The summed E-state index contributed by atoms with van der Waals surface area (Å²) in [5.74, 6) is -0.665. The van der Waals surface area contributed by atoms with E-state index in [1.54, 1.807) is 7.05 Å². The zero-order valence-electron chi connectivity index (χ0n) is 10.6. The summed E-state index contributed by atoms with van der Waals surface area (Å²) in [6, 6.07) is 1.86. The Labute approximate surface area is 105 Å². The van der Waals surface area contributed by atoms with Gasteiger partial charge < -0.3 is 5.32 Å². The first-order chi connectivity index (χ1) is 8.09. The maximum atomic E-state index is 11.9. The second-order valence-electron chi connectivity index (χ2n) is 4.41. The molecule has 0 saturated heterocycles. The molecule has 1 rings (SSSR count). The van der Waals surface area contributed by atoms with E-state index < -0.39 is 20.5 Å². The third-order valence-corrected chi connectivity index (χ3v) is 4.69. The molecule has 8 heteroatoms. The maximum Gasteiger partial charge on any atom is 0.246 e. The van der Waals surface area contributed by atoms with Crippen LogP contribution in [0.25, 0.3) is 0 Å². The molecule has 0 bridgehead atoms. The van der Waals surface area contributed by atoms with Gasteiger partial charge in [0.05, 0.1) is 0 Å². The molecule has 1 amide bonds. The van der Waals surface area contributed by atoms with Crippen molar-refractivity contribution in [2.75, 3.05) is 11.6 Å². The summed E-state index contributed by atoms with van der Waals surface area (Å²) < 4.78 is 22.8. The minimum atomic E-state index is -3.56. The van der Waals surface area contributed by atoms with Crippen LogP contribution in [-0.2, 0) is 21.7 Å². The molecule has 0 aliphatic heterocycles. The highest BCUT2D eigenvalue weighted by Crippen LogP contribution is 2.19. The summed E-state index contributed by atoms with van der Waals surface area (Å²) >= 11 is 0. The molecule has 0 atom stereocenters. The van der Waals surface area contributed by atoms with E-state index in [2.05, 4.69) is 10.4 Å². The summed E-state index contributed by atoms with van der Waals surface area (Å²) in [4.78, 5) is 11.9. The highest BCUT2D eigenvalue weighted by molar-refractivity contribution is 7.92. The van der Waals surface area contributed by atoms with E-state index in [0.29, 0.717) is 0 Å². The number of carbonyl (C=O) groups is 1. The van der Waals surface area contributed by atoms with Gasteiger partial charge in [0.15, 0.2) is 15.7 Å². The van der Waals surface area contributed by atoms with Gasteiger partial charge in [0.25, 0.3) is 0 Å². The number of hydrogen-bond donors (Lipinski definition) is 1. The first-order valence-electron chi connectivity index (χ1n) is 5.04. The predicted molar refractivity (Wildman–Crippen MR) is 65.5 cm³/mol. The lowest BCUT2D eigenvalue weighted by Gasteiger charge is -2.20. The van der Waals surface area contributed by atoms with Crippen molar-refractivity contribution in [3.63, 3.8) is 0 Å². The Balaban J connectivity index is 3.06. The van der Waals surface area contributed by atoms with Gasteiger partial charge in [0, 0.05) is 19.5 Å². The third-order valence-electron chi connectivity index (χ3n) is 2.65. The smallest absolute Gasteiger partial charge is 0.246 e. The number of aromatic nitrogens is 2. The SMILES string of the molecule is Cn1cc(C#N)c(NC(=O)C(C)(C)S(C)(=O)=O)n1. The molecule has 1 N–H and O–H groups in total. The number of sulfone groups is 1. The molecule has 7 nitrogen and oxygen atoms in total. The number of aryl methyl sites for hydroxylation is 1. The molecule has 0 saturated carbocycles. The number of nitriles is 1. The summed E-state index contributed by atoms with van der Waals surface area (Å²) in [5.41, 5.74) is 0.176. The molecule has 0 aliphatic rings. The zero-order chi connectivity index (χ0) is 14.1. The Bertz CT molecular complexity index is 622. The minimum Gasteiger partial charge on any atom is -0.307 e. The lowest BCUT2D eigenvalue weighted by molar-refractivity contribution is -0.117. The number of hydrogen-bond acceptors (Lipinski definition) is 5. The first-order valence-corrected chi connectivity index (χ1v) is 6.93. The molecule has 0 aromatic carbocycles.